The number of carbonyl (C=O) groups is 2. The number of hydrogen-bond donors (Lipinski definition) is 1. The van der Waals surface area contributed by atoms with Crippen molar-refractivity contribution in [1.29, 1.82) is 0 Å². The molecular weight excluding hydrogens is 479 g/mol. The van der Waals surface area contributed by atoms with Gasteiger partial charge in [-0.25, -0.2) is 9.37 Å². The quantitative estimate of drug-likeness (QED) is 0.394. The van der Waals surface area contributed by atoms with E-state index >= 15 is 4.39 Å². The van der Waals surface area contributed by atoms with Crippen LogP contribution in [0.15, 0.2) is 60.9 Å². The van der Waals surface area contributed by atoms with Gasteiger partial charge in [0, 0.05) is 30.4 Å². The first-order valence-electron chi connectivity index (χ1n) is 13.4. The van der Waals surface area contributed by atoms with Gasteiger partial charge >= 0.3 is 0 Å². The van der Waals surface area contributed by atoms with Crippen LogP contribution in [-0.4, -0.2) is 32.6 Å². The smallest absolute Gasteiger partial charge is 0.255 e. The lowest BCUT2D eigenvalue weighted by molar-refractivity contribution is -0.119. The number of aromatic nitrogens is 2. The lowest BCUT2D eigenvalue weighted by Gasteiger charge is -2.35. The minimum Gasteiger partial charge on any atom is -0.369 e. The number of halogens is 1. The number of pyridine rings is 1. The van der Waals surface area contributed by atoms with Crippen molar-refractivity contribution < 1.29 is 14.0 Å². The third-order valence-corrected chi connectivity index (χ3v) is 8.55. The van der Waals surface area contributed by atoms with Gasteiger partial charge in [-0.05, 0) is 84.9 Å². The number of rotatable bonds is 5. The molecule has 3 atom stereocenters. The van der Waals surface area contributed by atoms with E-state index in [1.807, 2.05) is 39.9 Å². The van der Waals surface area contributed by atoms with Crippen molar-refractivity contribution in [3.8, 4) is 11.3 Å². The molecular formula is C31H29FN4O2. The van der Waals surface area contributed by atoms with E-state index in [1.54, 1.807) is 6.07 Å². The Morgan fingerprint density at radius 1 is 1.05 bits per heavy atom. The molecule has 0 spiro atoms. The Kier molecular flexibility index (Phi) is 5.18. The average Bonchev–Trinajstić information content (AvgIpc) is 3.84. The van der Waals surface area contributed by atoms with E-state index in [2.05, 4.69) is 25.1 Å². The Morgan fingerprint density at radius 3 is 2.61 bits per heavy atom. The fourth-order valence-electron chi connectivity index (χ4n) is 6.13. The summed E-state index contributed by atoms with van der Waals surface area (Å²) in [6, 6.07) is 15.4. The molecule has 7 heteroatoms. The summed E-state index contributed by atoms with van der Waals surface area (Å²) in [7, 11) is 0. The molecule has 3 aliphatic rings. The van der Waals surface area contributed by atoms with Gasteiger partial charge in [-0.3, -0.25) is 9.59 Å². The van der Waals surface area contributed by atoms with Gasteiger partial charge in [-0.15, -0.1) is 0 Å². The lowest BCUT2D eigenvalue weighted by atomic mass is 9.93. The van der Waals surface area contributed by atoms with E-state index in [0.29, 0.717) is 35.7 Å². The number of fused-ring (bicyclic) bond motifs is 2. The summed E-state index contributed by atoms with van der Waals surface area (Å²) < 4.78 is 17.1. The fraction of sp³-hybridized carbons (Fsp3) is 0.323. The van der Waals surface area contributed by atoms with Gasteiger partial charge < -0.3 is 15.0 Å². The number of amides is 2. The molecule has 2 aromatic heterocycles. The first-order chi connectivity index (χ1) is 18.4. The van der Waals surface area contributed by atoms with Crippen LogP contribution < -0.4 is 5.73 Å². The zero-order chi connectivity index (χ0) is 26.1. The second kappa shape index (κ2) is 8.51. The van der Waals surface area contributed by atoms with Crippen LogP contribution in [-0.2, 0) is 11.2 Å². The van der Waals surface area contributed by atoms with Crippen LogP contribution in [0, 0.1) is 11.7 Å². The van der Waals surface area contributed by atoms with Crippen molar-refractivity contribution in [2.24, 2.45) is 11.7 Å². The van der Waals surface area contributed by atoms with E-state index in [0.717, 1.165) is 36.0 Å². The molecule has 3 heterocycles. The highest BCUT2D eigenvalue weighted by atomic mass is 19.1. The van der Waals surface area contributed by atoms with Gasteiger partial charge in [-0.1, -0.05) is 30.3 Å². The monoisotopic (exact) mass is 508 g/mol. The fourth-order valence-corrected chi connectivity index (χ4v) is 6.13. The molecule has 0 unspecified atom stereocenters. The van der Waals surface area contributed by atoms with E-state index in [4.69, 9.17) is 10.7 Å². The molecule has 2 aliphatic carbocycles. The molecule has 38 heavy (non-hydrogen) atoms. The number of nitrogens with zero attached hydrogens (tertiary/aromatic N) is 3. The Bertz CT molecular complexity index is 1620. The van der Waals surface area contributed by atoms with E-state index in [-0.39, 0.29) is 35.5 Å². The van der Waals surface area contributed by atoms with Crippen molar-refractivity contribution in [2.75, 3.05) is 6.54 Å². The molecule has 7 rings (SSSR count). The molecule has 4 aromatic rings. The zero-order valence-electron chi connectivity index (χ0n) is 21.2. The molecule has 2 aromatic carbocycles. The Balaban J connectivity index is 1.23. The maximum atomic E-state index is 15.2. The number of carbonyl (C=O) groups excluding carboxylic acids is 2. The van der Waals surface area contributed by atoms with Crippen LogP contribution >= 0.6 is 0 Å². The van der Waals surface area contributed by atoms with Gasteiger partial charge in [-0.2, -0.15) is 0 Å². The first kappa shape index (κ1) is 23.1. The highest BCUT2D eigenvalue weighted by Gasteiger charge is 2.43. The van der Waals surface area contributed by atoms with Crippen molar-refractivity contribution in [1.82, 2.24) is 14.3 Å². The third-order valence-electron chi connectivity index (χ3n) is 8.55. The molecule has 2 saturated carbocycles. The summed E-state index contributed by atoms with van der Waals surface area (Å²) in [5.74, 6) is -0.533. The highest BCUT2D eigenvalue weighted by Crippen LogP contribution is 2.48. The van der Waals surface area contributed by atoms with Gasteiger partial charge in [0.1, 0.15) is 11.5 Å². The van der Waals surface area contributed by atoms with Gasteiger partial charge in [0.15, 0.2) is 0 Å². The standard InChI is InChI=1S/C31H29FN4O2/c1-17-22-5-3-2-4-18(22)10-11-36(17)31(38)21-12-25(19-6-7-19)30-34-28(16-35(30)15-21)23-9-8-20(13-27(23)32)24-14-26(24)29(33)37/h2-5,8-9,12-13,15-17,19,24,26H,6-7,10-11,14H2,1H3,(H2,33,37)/t17-,24+,26-/m1/s1. The molecule has 6 nitrogen and oxygen atoms in total. The van der Waals surface area contributed by atoms with Crippen LogP contribution in [0.5, 0.6) is 0 Å². The second-order valence-electron chi connectivity index (χ2n) is 11.0. The first-order valence-corrected chi connectivity index (χ1v) is 13.4. The van der Waals surface area contributed by atoms with Crippen molar-refractivity contribution >= 4 is 17.5 Å². The SMILES string of the molecule is C[C@@H]1c2ccccc2CCN1C(=O)c1cc(C2CC2)c2nc(-c3ccc([C@@H]4C[C@H]4C(N)=O)cc3F)cn2c1. The Morgan fingerprint density at radius 2 is 1.87 bits per heavy atom. The minimum atomic E-state index is -0.369. The number of nitrogens with two attached hydrogens (primary N) is 1. The minimum absolute atomic E-state index is 0.000824. The van der Waals surface area contributed by atoms with Gasteiger partial charge in [0.2, 0.25) is 5.91 Å². The number of imidazole rings is 1. The molecule has 192 valence electrons. The van der Waals surface area contributed by atoms with Crippen molar-refractivity contribution in [3.05, 3.63) is 94.6 Å². The predicted octanol–water partition coefficient (Wildman–Crippen LogP) is 5.37. The second-order valence-corrected chi connectivity index (χ2v) is 11.0. The molecule has 1 aliphatic heterocycles. The van der Waals surface area contributed by atoms with Crippen LogP contribution in [0.3, 0.4) is 0 Å². The molecule has 0 radical (unpaired) electrons. The van der Waals surface area contributed by atoms with E-state index < -0.39 is 0 Å². The summed E-state index contributed by atoms with van der Waals surface area (Å²) in [6.45, 7) is 2.77. The number of benzene rings is 2. The predicted molar refractivity (Wildman–Crippen MR) is 142 cm³/mol. The molecule has 0 saturated heterocycles. The summed E-state index contributed by atoms with van der Waals surface area (Å²) >= 11 is 0. The molecule has 2 amide bonds. The van der Waals surface area contributed by atoms with Gasteiger partial charge in [0.25, 0.3) is 5.91 Å². The zero-order valence-corrected chi connectivity index (χ0v) is 21.2. The normalized spacial score (nSPS) is 22.4. The van der Waals surface area contributed by atoms with Crippen LogP contribution in [0.2, 0.25) is 0 Å². The maximum absolute atomic E-state index is 15.2. The van der Waals surface area contributed by atoms with Crippen LogP contribution in [0.1, 0.15) is 76.7 Å². The summed E-state index contributed by atoms with van der Waals surface area (Å²) in [5, 5.41) is 0. The summed E-state index contributed by atoms with van der Waals surface area (Å²) in [6.07, 6.45) is 7.29. The summed E-state index contributed by atoms with van der Waals surface area (Å²) in [5.41, 5.74) is 12.1. The largest absolute Gasteiger partial charge is 0.369 e. The average molecular weight is 509 g/mol. The van der Waals surface area contributed by atoms with E-state index in [9.17, 15) is 9.59 Å². The number of primary amides is 1. The van der Waals surface area contributed by atoms with E-state index in [1.165, 1.54) is 17.2 Å². The highest BCUT2D eigenvalue weighted by molar-refractivity contribution is 5.95. The van der Waals surface area contributed by atoms with Crippen LogP contribution in [0.25, 0.3) is 16.9 Å². The van der Waals surface area contributed by atoms with Crippen molar-refractivity contribution in [3.63, 3.8) is 0 Å². The third kappa shape index (κ3) is 3.80. The van der Waals surface area contributed by atoms with Gasteiger partial charge in [0.05, 0.1) is 17.3 Å². The maximum Gasteiger partial charge on any atom is 0.255 e. The van der Waals surface area contributed by atoms with Crippen molar-refractivity contribution in [2.45, 2.75) is 50.5 Å². The summed E-state index contributed by atoms with van der Waals surface area (Å²) in [4.78, 5) is 32.0. The lowest BCUT2D eigenvalue weighted by Crippen LogP contribution is -2.39. The van der Waals surface area contributed by atoms with Crippen LogP contribution in [0.4, 0.5) is 4.39 Å². The molecule has 2 fully saturated rings. The molecule has 0 bridgehead atoms. The Labute approximate surface area is 220 Å². The topological polar surface area (TPSA) is 80.7 Å². The Hall–Kier alpha value is -4.00. The molecule has 2 N–H and O–H groups in total. The number of hydrogen-bond acceptors (Lipinski definition) is 3.